The normalized spacial score (nSPS) is 14.4. The van der Waals surface area contributed by atoms with Crippen molar-refractivity contribution in [2.45, 2.75) is 38.1 Å². The van der Waals surface area contributed by atoms with Crippen LogP contribution in [0.25, 0.3) is 22.6 Å². The van der Waals surface area contributed by atoms with Gasteiger partial charge in [0.25, 0.3) is 5.91 Å². The van der Waals surface area contributed by atoms with Gasteiger partial charge in [-0.3, -0.25) is 9.48 Å². The minimum Gasteiger partial charge on any atom is -0.347 e. The number of H-pyrrole nitrogens is 1. The number of rotatable bonds is 5. The van der Waals surface area contributed by atoms with Gasteiger partial charge in [0, 0.05) is 25.1 Å². The van der Waals surface area contributed by atoms with Crippen molar-refractivity contribution in [1.82, 2.24) is 40.0 Å². The Bertz CT molecular complexity index is 1260. The van der Waals surface area contributed by atoms with Crippen LogP contribution in [0, 0.1) is 5.82 Å². The number of fused-ring (bicyclic) bond motifs is 1. The molecule has 10 heteroatoms. The van der Waals surface area contributed by atoms with Crippen LogP contribution in [0.3, 0.4) is 0 Å². The summed E-state index contributed by atoms with van der Waals surface area (Å²) in [6.07, 6.45) is 7.42. The van der Waals surface area contributed by atoms with Gasteiger partial charge in [0.1, 0.15) is 29.8 Å². The van der Waals surface area contributed by atoms with Gasteiger partial charge in [0.15, 0.2) is 17.2 Å². The molecule has 1 aliphatic carbocycles. The van der Waals surface area contributed by atoms with E-state index in [-0.39, 0.29) is 18.1 Å². The first kappa shape index (κ1) is 19.3. The predicted octanol–water partition coefficient (Wildman–Crippen LogP) is 2.88. The van der Waals surface area contributed by atoms with Crippen LogP contribution < -0.4 is 5.32 Å². The average molecular weight is 420 g/mol. The summed E-state index contributed by atoms with van der Waals surface area (Å²) in [5.41, 5.74) is 2.38. The van der Waals surface area contributed by atoms with Crippen LogP contribution in [0.15, 0.2) is 30.9 Å². The van der Waals surface area contributed by atoms with Gasteiger partial charge in [-0.1, -0.05) is 12.8 Å². The zero-order valence-electron chi connectivity index (χ0n) is 17.0. The standard InChI is InChI=1S/C21H21FN8O/c1-30-11-26-18(29-30)14-6-12(7-15(22)8-14)9-23-21(31)17-16-20(25-10-24-17)28-19(27-16)13-4-2-3-5-13/h6-8,10-11,13H,2-5,9H2,1H3,(H,23,31)(H,24,25,27,28). The zero-order valence-corrected chi connectivity index (χ0v) is 17.0. The summed E-state index contributed by atoms with van der Waals surface area (Å²) in [5.74, 6) is 0.851. The molecule has 1 fully saturated rings. The van der Waals surface area contributed by atoms with E-state index in [0.717, 1.165) is 18.7 Å². The van der Waals surface area contributed by atoms with Crippen LogP contribution in [0.4, 0.5) is 4.39 Å². The molecule has 3 heterocycles. The molecular weight excluding hydrogens is 399 g/mol. The first-order valence-electron chi connectivity index (χ1n) is 10.2. The average Bonchev–Trinajstić information content (AvgIpc) is 3.51. The molecule has 0 atom stereocenters. The third-order valence-electron chi connectivity index (χ3n) is 5.53. The zero-order chi connectivity index (χ0) is 21.4. The molecule has 0 bridgehead atoms. The van der Waals surface area contributed by atoms with Crippen LogP contribution in [0.2, 0.25) is 0 Å². The molecule has 3 aromatic heterocycles. The van der Waals surface area contributed by atoms with E-state index >= 15 is 0 Å². The second-order valence-corrected chi connectivity index (χ2v) is 7.80. The van der Waals surface area contributed by atoms with Gasteiger partial charge in [0.2, 0.25) is 0 Å². The molecule has 0 saturated heterocycles. The molecule has 0 radical (unpaired) electrons. The second-order valence-electron chi connectivity index (χ2n) is 7.80. The summed E-state index contributed by atoms with van der Waals surface area (Å²) in [5, 5.41) is 7.01. The number of hydrogen-bond acceptors (Lipinski definition) is 6. The Morgan fingerprint density at radius 3 is 2.84 bits per heavy atom. The summed E-state index contributed by atoms with van der Waals surface area (Å²) >= 11 is 0. The maximum absolute atomic E-state index is 14.1. The van der Waals surface area contributed by atoms with E-state index in [0.29, 0.717) is 34.0 Å². The summed E-state index contributed by atoms with van der Waals surface area (Å²) < 4.78 is 15.7. The summed E-state index contributed by atoms with van der Waals surface area (Å²) in [4.78, 5) is 33.1. The molecule has 0 spiro atoms. The number of benzene rings is 1. The lowest BCUT2D eigenvalue weighted by Gasteiger charge is -2.07. The van der Waals surface area contributed by atoms with Crippen molar-refractivity contribution in [2.24, 2.45) is 7.05 Å². The number of amides is 1. The first-order valence-corrected chi connectivity index (χ1v) is 10.2. The fourth-order valence-electron chi connectivity index (χ4n) is 4.03. The van der Waals surface area contributed by atoms with Crippen molar-refractivity contribution in [3.05, 3.63) is 53.8 Å². The Labute approximate surface area is 177 Å². The van der Waals surface area contributed by atoms with Crippen molar-refractivity contribution in [3.8, 4) is 11.4 Å². The molecule has 2 N–H and O–H groups in total. The summed E-state index contributed by atoms with van der Waals surface area (Å²) in [6, 6.07) is 4.49. The minimum atomic E-state index is -0.423. The smallest absolute Gasteiger partial charge is 0.272 e. The highest BCUT2D eigenvalue weighted by atomic mass is 19.1. The fraction of sp³-hybridized carbons (Fsp3) is 0.333. The van der Waals surface area contributed by atoms with E-state index in [9.17, 15) is 9.18 Å². The van der Waals surface area contributed by atoms with Crippen LogP contribution in [0.1, 0.15) is 53.5 Å². The second kappa shape index (κ2) is 7.86. The minimum absolute atomic E-state index is 0.130. The van der Waals surface area contributed by atoms with Crippen LogP contribution in [0.5, 0.6) is 0 Å². The summed E-state index contributed by atoms with van der Waals surface area (Å²) in [6.45, 7) is 0.130. The lowest BCUT2D eigenvalue weighted by Crippen LogP contribution is -2.24. The highest BCUT2D eigenvalue weighted by Crippen LogP contribution is 2.33. The molecule has 0 unspecified atom stereocenters. The number of carbonyl (C=O) groups is 1. The maximum atomic E-state index is 14.1. The number of nitrogens with one attached hydrogen (secondary N) is 2. The fourth-order valence-corrected chi connectivity index (χ4v) is 4.03. The number of aryl methyl sites for hydroxylation is 1. The molecule has 1 amide bonds. The van der Waals surface area contributed by atoms with Crippen LogP contribution in [-0.4, -0.2) is 40.6 Å². The van der Waals surface area contributed by atoms with Gasteiger partial charge in [-0.25, -0.2) is 24.3 Å². The number of aromatic nitrogens is 7. The molecule has 31 heavy (non-hydrogen) atoms. The lowest BCUT2D eigenvalue weighted by atomic mass is 10.1. The molecule has 1 saturated carbocycles. The number of imidazole rings is 1. The van der Waals surface area contributed by atoms with Gasteiger partial charge in [-0.15, -0.1) is 0 Å². The monoisotopic (exact) mass is 420 g/mol. The first-order chi connectivity index (χ1) is 15.1. The van der Waals surface area contributed by atoms with E-state index in [1.54, 1.807) is 24.1 Å². The number of nitrogens with zero attached hydrogens (tertiary/aromatic N) is 6. The quantitative estimate of drug-likeness (QED) is 0.513. The van der Waals surface area contributed by atoms with Gasteiger partial charge in [-0.05, 0) is 36.6 Å². The third kappa shape index (κ3) is 3.88. The maximum Gasteiger partial charge on any atom is 0.272 e. The van der Waals surface area contributed by atoms with Crippen molar-refractivity contribution in [1.29, 1.82) is 0 Å². The number of hydrogen-bond donors (Lipinski definition) is 2. The lowest BCUT2D eigenvalue weighted by molar-refractivity contribution is 0.0947. The molecular formula is C21H21FN8O. The number of carbonyl (C=O) groups excluding carboxylic acids is 1. The molecule has 5 rings (SSSR count). The largest absolute Gasteiger partial charge is 0.347 e. The number of aromatic amines is 1. The Hall–Kier alpha value is -3.69. The Kier molecular flexibility index (Phi) is 4.89. The van der Waals surface area contributed by atoms with E-state index in [1.165, 1.54) is 31.3 Å². The van der Waals surface area contributed by atoms with Gasteiger partial charge >= 0.3 is 0 Å². The van der Waals surface area contributed by atoms with E-state index in [4.69, 9.17) is 0 Å². The molecule has 1 aliphatic rings. The van der Waals surface area contributed by atoms with Crippen molar-refractivity contribution >= 4 is 17.1 Å². The van der Waals surface area contributed by atoms with Gasteiger partial charge in [-0.2, -0.15) is 5.10 Å². The highest BCUT2D eigenvalue weighted by Gasteiger charge is 2.23. The van der Waals surface area contributed by atoms with E-state index in [2.05, 4.69) is 35.3 Å². The molecule has 1 aromatic carbocycles. The highest BCUT2D eigenvalue weighted by molar-refractivity contribution is 6.02. The van der Waals surface area contributed by atoms with Crippen molar-refractivity contribution in [2.75, 3.05) is 0 Å². The van der Waals surface area contributed by atoms with Gasteiger partial charge in [0.05, 0.1) is 0 Å². The Balaban J connectivity index is 1.36. The molecule has 0 aliphatic heterocycles. The van der Waals surface area contributed by atoms with E-state index in [1.807, 2.05) is 0 Å². The molecule has 4 aromatic rings. The third-order valence-corrected chi connectivity index (χ3v) is 5.53. The topological polar surface area (TPSA) is 114 Å². The van der Waals surface area contributed by atoms with Crippen molar-refractivity contribution < 1.29 is 9.18 Å². The Morgan fingerprint density at radius 2 is 2.06 bits per heavy atom. The van der Waals surface area contributed by atoms with Crippen molar-refractivity contribution in [3.63, 3.8) is 0 Å². The molecule has 9 nitrogen and oxygen atoms in total. The predicted molar refractivity (Wildman–Crippen MR) is 110 cm³/mol. The van der Waals surface area contributed by atoms with Crippen LogP contribution >= 0.6 is 0 Å². The summed E-state index contributed by atoms with van der Waals surface area (Å²) in [7, 11) is 1.74. The van der Waals surface area contributed by atoms with Gasteiger partial charge < -0.3 is 10.3 Å². The molecule has 158 valence electrons. The SMILES string of the molecule is Cn1cnc(-c2cc(F)cc(CNC(=O)c3ncnc4nc(C5CCCC5)[nH]c34)c2)n1. The van der Waals surface area contributed by atoms with E-state index < -0.39 is 5.82 Å². The number of halogens is 1. The Morgan fingerprint density at radius 1 is 1.23 bits per heavy atom. The van der Waals surface area contributed by atoms with Crippen LogP contribution in [-0.2, 0) is 13.6 Å².